The first kappa shape index (κ1) is 21.6. The summed E-state index contributed by atoms with van der Waals surface area (Å²) in [5.41, 5.74) is 2.55. The lowest BCUT2D eigenvalue weighted by atomic mass is 9.78. The molecule has 0 saturated carbocycles. The van der Waals surface area contributed by atoms with Gasteiger partial charge in [-0.25, -0.2) is 0 Å². The predicted octanol–water partition coefficient (Wildman–Crippen LogP) is 5.55. The maximum atomic E-state index is 10.7. The van der Waals surface area contributed by atoms with Crippen LogP contribution in [0.15, 0.2) is 95.8 Å². The van der Waals surface area contributed by atoms with Crippen molar-refractivity contribution in [1.82, 2.24) is 4.98 Å². The lowest BCUT2D eigenvalue weighted by molar-refractivity contribution is 0.164. The largest absolute Gasteiger partial charge is 0.506 e. The molecule has 0 saturated heterocycles. The molecule has 1 N–H and O–H groups in total. The summed E-state index contributed by atoms with van der Waals surface area (Å²) in [6.07, 6.45) is 8.37. The number of pyridine rings is 1. The number of rotatable bonds is 9. The molecule has 0 bridgehead atoms. The van der Waals surface area contributed by atoms with Gasteiger partial charge in [-0.3, -0.25) is 9.98 Å². The van der Waals surface area contributed by atoms with Crippen molar-refractivity contribution in [3.63, 3.8) is 0 Å². The van der Waals surface area contributed by atoms with Crippen molar-refractivity contribution in [2.24, 2.45) is 10.4 Å². The number of aliphatic imine (C=N–C) groups is 1. The average molecular weight is 428 g/mol. The smallest absolute Gasteiger partial charge is 0.139 e. The van der Waals surface area contributed by atoms with Crippen molar-refractivity contribution >= 4 is 17.6 Å². The first-order valence-corrected chi connectivity index (χ1v) is 11.0. The van der Waals surface area contributed by atoms with Gasteiger partial charge in [-0.05, 0) is 61.7 Å². The fraction of sp³-hybridized carbons (Fsp3) is 0.259. The van der Waals surface area contributed by atoms with E-state index in [1.54, 1.807) is 13.2 Å². The highest BCUT2D eigenvalue weighted by Gasteiger charge is 2.39. The lowest BCUT2D eigenvalue weighted by Gasteiger charge is -2.40. The van der Waals surface area contributed by atoms with E-state index in [9.17, 15) is 5.11 Å². The molecule has 164 valence electrons. The van der Waals surface area contributed by atoms with Crippen LogP contribution < -0.4 is 4.90 Å². The van der Waals surface area contributed by atoms with Crippen molar-refractivity contribution in [2.75, 3.05) is 25.1 Å². The van der Waals surface area contributed by atoms with Crippen LogP contribution in [0.2, 0.25) is 0 Å². The number of anilines is 2. The van der Waals surface area contributed by atoms with E-state index in [1.807, 2.05) is 67.0 Å². The molecule has 2 heterocycles. The highest BCUT2D eigenvalue weighted by atomic mass is 16.5. The Morgan fingerprint density at radius 2 is 1.78 bits per heavy atom. The number of para-hydroxylation sites is 3. The molecular weight excluding hydrogens is 398 g/mol. The summed E-state index contributed by atoms with van der Waals surface area (Å²) in [6.45, 7) is 1.26. The molecule has 32 heavy (non-hydrogen) atoms. The van der Waals surface area contributed by atoms with E-state index < -0.39 is 0 Å². The number of allylic oxidation sites excluding steroid dienone is 1. The van der Waals surface area contributed by atoms with Crippen LogP contribution in [0.5, 0.6) is 5.75 Å². The van der Waals surface area contributed by atoms with Crippen molar-refractivity contribution in [2.45, 2.75) is 19.3 Å². The number of hydrogen-bond acceptors (Lipinski definition) is 5. The van der Waals surface area contributed by atoms with Gasteiger partial charge in [-0.2, -0.15) is 0 Å². The molecule has 0 radical (unpaired) electrons. The summed E-state index contributed by atoms with van der Waals surface area (Å²) in [5.74, 6) is 1.17. The van der Waals surface area contributed by atoms with E-state index in [0.717, 1.165) is 42.1 Å². The summed E-state index contributed by atoms with van der Waals surface area (Å²) in [6, 6.07) is 23.7. The molecular formula is C27H29N3O2. The molecule has 5 nitrogen and oxygen atoms in total. The first-order valence-electron chi connectivity index (χ1n) is 11.0. The topological polar surface area (TPSA) is 58.0 Å². The Labute approximate surface area is 189 Å². The van der Waals surface area contributed by atoms with Crippen LogP contribution in [-0.4, -0.2) is 36.5 Å². The van der Waals surface area contributed by atoms with Gasteiger partial charge in [-0.1, -0.05) is 36.4 Å². The van der Waals surface area contributed by atoms with Gasteiger partial charge >= 0.3 is 0 Å². The molecule has 0 fully saturated rings. The first-order chi connectivity index (χ1) is 15.7. The Hall–Kier alpha value is -3.60. The van der Waals surface area contributed by atoms with Crippen molar-refractivity contribution in [3.8, 4) is 5.75 Å². The van der Waals surface area contributed by atoms with Gasteiger partial charge in [0, 0.05) is 30.3 Å². The van der Waals surface area contributed by atoms with Crippen LogP contribution in [-0.2, 0) is 11.2 Å². The molecule has 0 spiro atoms. The summed E-state index contributed by atoms with van der Waals surface area (Å²) in [7, 11) is 1.73. The Kier molecular flexibility index (Phi) is 6.85. The summed E-state index contributed by atoms with van der Waals surface area (Å²) in [4.78, 5) is 11.3. The number of nitrogens with zero attached hydrogens (tertiary/aromatic N) is 3. The van der Waals surface area contributed by atoms with Crippen molar-refractivity contribution in [3.05, 3.63) is 96.5 Å². The van der Waals surface area contributed by atoms with Gasteiger partial charge in [0.15, 0.2) is 0 Å². The second-order valence-electron chi connectivity index (χ2n) is 8.09. The molecule has 1 unspecified atom stereocenters. The molecule has 1 aliphatic rings. The van der Waals surface area contributed by atoms with E-state index in [1.165, 1.54) is 0 Å². The van der Waals surface area contributed by atoms with Gasteiger partial charge in [0.25, 0.3) is 0 Å². The van der Waals surface area contributed by atoms with Crippen molar-refractivity contribution in [1.29, 1.82) is 0 Å². The lowest BCUT2D eigenvalue weighted by Crippen LogP contribution is -2.41. The molecule has 1 aromatic heterocycles. The van der Waals surface area contributed by atoms with Gasteiger partial charge < -0.3 is 14.7 Å². The van der Waals surface area contributed by atoms with E-state index in [4.69, 9.17) is 4.74 Å². The molecule has 4 rings (SSSR count). The quantitative estimate of drug-likeness (QED) is 0.486. The third kappa shape index (κ3) is 4.83. The molecule has 1 atom stereocenters. The number of phenols is 1. The summed E-state index contributed by atoms with van der Waals surface area (Å²) in [5, 5.41) is 10.7. The minimum atomic E-state index is -0.323. The van der Waals surface area contributed by atoms with E-state index >= 15 is 0 Å². The van der Waals surface area contributed by atoms with E-state index in [0.29, 0.717) is 13.1 Å². The number of hydrogen-bond donors (Lipinski definition) is 1. The fourth-order valence-corrected chi connectivity index (χ4v) is 4.37. The predicted molar refractivity (Wildman–Crippen MR) is 130 cm³/mol. The highest BCUT2D eigenvalue weighted by molar-refractivity contribution is 5.74. The van der Waals surface area contributed by atoms with Gasteiger partial charge in [0.05, 0.1) is 24.8 Å². The molecule has 3 aromatic rings. The molecule has 0 aliphatic carbocycles. The third-order valence-corrected chi connectivity index (χ3v) is 5.98. The standard InChI is InChI=1S/C27H29N3O2/c1-32-26-16-19-28-20-27(26,17-9-11-22-10-7-8-18-29-22)21-30(23-12-3-2-4-13-23)24-14-5-6-15-25(24)31/h2-8,10,12-16,18-19,31H,9,11,17,20-21H2,1H3. The fourth-order valence-electron chi connectivity index (χ4n) is 4.37. The highest BCUT2D eigenvalue weighted by Crippen LogP contribution is 2.42. The maximum Gasteiger partial charge on any atom is 0.139 e. The Morgan fingerprint density at radius 3 is 2.53 bits per heavy atom. The maximum absolute atomic E-state index is 10.7. The molecule has 1 aliphatic heterocycles. The number of dihydropyridines is 1. The number of ether oxygens (including phenoxy) is 1. The monoisotopic (exact) mass is 427 g/mol. The number of aromatic hydroxyl groups is 1. The zero-order chi connectivity index (χ0) is 22.2. The summed E-state index contributed by atoms with van der Waals surface area (Å²) >= 11 is 0. The normalized spacial score (nSPS) is 17.6. The van der Waals surface area contributed by atoms with E-state index in [-0.39, 0.29) is 11.2 Å². The van der Waals surface area contributed by atoms with Gasteiger partial charge in [0.1, 0.15) is 11.5 Å². The summed E-state index contributed by atoms with van der Waals surface area (Å²) < 4.78 is 5.88. The van der Waals surface area contributed by atoms with Crippen LogP contribution in [0.3, 0.4) is 0 Å². The van der Waals surface area contributed by atoms with Crippen LogP contribution in [0.1, 0.15) is 18.5 Å². The Morgan fingerprint density at radius 1 is 1.00 bits per heavy atom. The zero-order valence-corrected chi connectivity index (χ0v) is 18.4. The number of benzene rings is 2. The number of methoxy groups -OCH3 is 1. The van der Waals surface area contributed by atoms with Crippen LogP contribution in [0.4, 0.5) is 11.4 Å². The second-order valence-corrected chi connectivity index (χ2v) is 8.09. The molecule has 5 heteroatoms. The molecule has 2 aromatic carbocycles. The SMILES string of the molecule is COC1=CC=NCC1(CCCc1ccccn1)CN(c1ccccc1)c1ccccc1O. The average Bonchev–Trinajstić information content (AvgIpc) is 2.85. The van der Waals surface area contributed by atoms with Gasteiger partial charge in [0.2, 0.25) is 0 Å². The van der Waals surface area contributed by atoms with E-state index in [2.05, 4.69) is 33.1 Å². The zero-order valence-electron chi connectivity index (χ0n) is 18.4. The van der Waals surface area contributed by atoms with Crippen LogP contribution in [0.25, 0.3) is 0 Å². The van der Waals surface area contributed by atoms with Crippen LogP contribution in [0, 0.1) is 5.41 Å². The minimum absolute atomic E-state index is 0.252. The number of aryl methyl sites for hydroxylation is 1. The number of aromatic nitrogens is 1. The Balaban J connectivity index is 1.67. The van der Waals surface area contributed by atoms with Crippen molar-refractivity contribution < 1.29 is 9.84 Å². The second kappa shape index (κ2) is 10.1. The Bertz CT molecular complexity index is 1070. The number of phenolic OH excluding ortho intramolecular Hbond substituents is 1. The third-order valence-electron chi connectivity index (χ3n) is 5.98. The van der Waals surface area contributed by atoms with Gasteiger partial charge in [-0.15, -0.1) is 0 Å². The minimum Gasteiger partial charge on any atom is -0.506 e. The van der Waals surface area contributed by atoms with Crippen LogP contribution >= 0.6 is 0 Å². The molecule has 0 amide bonds.